The second kappa shape index (κ2) is 8.56. The van der Waals surface area contributed by atoms with Gasteiger partial charge in [-0.1, -0.05) is 18.7 Å². The first-order valence-electron chi connectivity index (χ1n) is 10.8. The summed E-state index contributed by atoms with van der Waals surface area (Å²) in [5.41, 5.74) is 2.73. The Hall–Kier alpha value is -2.90. The van der Waals surface area contributed by atoms with Gasteiger partial charge in [0, 0.05) is 36.8 Å². The third-order valence-electron chi connectivity index (χ3n) is 6.10. The molecule has 1 saturated heterocycles. The van der Waals surface area contributed by atoms with Crippen LogP contribution in [0.25, 0.3) is 5.57 Å². The van der Waals surface area contributed by atoms with Gasteiger partial charge >= 0.3 is 0 Å². The molecule has 0 aliphatic carbocycles. The molecule has 0 saturated carbocycles. The number of carbonyl (C=O) groups excluding carboxylic acids is 1. The lowest BCUT2D eigenvalue weighted by molar-refractivity contribution is 0.0814. The Labute approximate surface area is 189 Å². The summed E-state index contributed by atoms with van der Waals surface area (Å²) in [6.45, 7) is 7.84. The SMILES string of the molecule is C=CN(CC)C(=O)c1ccc(C2=CC3(CCNCC3)Oc3ccc(S(C)(=O)=O)cc32)cc1. The zero-order valence-corrected chi connectivity index (χ0v) is 19.2. The van der Waals surface area contributed by atoms with Crippen molar-refractivity contribution in [2.45, 2.75) is 30.3 Å². The van der Waals surface area contributed by atoms with E-state index in [0.717, 1.165) is 42.6 Å². The molecule has 7 heteroatoms. The van der Waals surface area contributed by atoms with E-state index in [-0.39, 0.29) is 10.8 Å². The van der Waals surface area contributed by atoms with E-state index in [2.05, 4.69) is 18.0 Å². The molecule has 0 unspecified atom stereocenters. The smallest absolute Gasteiger partial charge is 0.257 e. The number of hydrogen-bond donors (Lipinski definition) is 1. The van der Waals surface area contributed by atoms with Gasteiger partial charge in [0.1, 0.15) is 11.4 Å². The molecule has 1 fully saturated rings. The second-order valence-electron chi connectivity index (χ2n) is 8.26. The van der Waals surface area contributed by atoms with Crippen LogP contribution in [0.3, 0.4) is 0 Å². The maximum atomic E-state index is 12.6. The summed E-state index contributed by atoms with van der Waals surface area (Å²) >= 11 is 0. The van der Waals surface area contributed by atoms with Gasteiger partial charge in [0.05, 0.1) is 4.90 Å². The highest BCUT2D eigenvalue weighted by molar-refractivity contribution is 7.90. The van der Waals surface area contributed by atoms with Crippen LogP contribution in [0, 0.1) is 0 Å². The van der Waals surface area contributed by atoms with Crippen LogP contribution in [0.2, 0.25) is 0 Å². The number of ether oxygens (including phenoxy) is 1. The van der Waals surface area contributed by atoms with Gasteiger partial charge in [-0.3, -0.25) is 4.79 Å². The number of nitrogens with zero attached hydrogens (tertiary/aromatic N) is 1. The molecule has 2 aliphatic rings. The largest absolute Gasteiger partial charge is 0.482 e. The van der Waals surface area contributed by atoms with Crippen LogP contribution in [0.1, 0.15) is 41.3 Å². The van der Waals surface area contributed by atoms with Crippen molar-refractivity contribution in [2.24, 2.45) is 0 Å². The maximum absolute atomic E-state index is 12.6. The summed E-state index contributed by atoms with van der Waals surface area (Å²) in [7, 11) is -3.36. The van der Waals surface area contributed by atoms with E-state index < -0.39 is 15.4 Å². The standard InChI is InChI=1S/C25H28N2O4S/c1-4-27(5-2)24(28)19-8-6-18(7-9-19)22-17-25(12-14-26-15-13-25)31-23-11-10-20(16-21(22)23)32(3,29)30/h4,6-11,16-17,26H,1,5,12-15H2,2-3H3. The minimum Gasteiger partial charge on any atom is -0.482 e. The number of nitrogens with one attached hydrogen (secondary N) is 1. The third-order valence-corrected chi connectivity index (χ3v) is 7.21. The van der Waals surface area contributed by atoms with E-state index >= 15 is 0 Å². The molecule has 2 heterocycles. The molecule has 32 heavy (non-hydrogen) atoms. The number of piperidine rings is 1. The number of hydrogen-bond acceptors (Lipinski definition) is 5. The minimum absolute atomic E-state index is 0.107. The molecule has 2 aromatic rings. The molecule has 2 aliphatic heterocycles. The predicted octanol–water partition coefficient (Wildman–Crippen LogP) is 3.64. The van der Waals surface area contributed by atoms with E-state index in [1.165, 1.54) is 12.5 Å². The van der Waals surface area contributed by atoms with Gasteiger partial charge in [0.15, 0.2) is 9.84 Å². The first kappa shape index (κ1) is 22.3. The molecule has 1 N–H and O–H groups in total. The summed E-state index contributed by atoms with van der Waals surface area (Å²) in [6, 6.07) is 12.5. The van der Waals surface area contributed by atoms with Gasteiger partial charge in [-0.25, -0.2) is 8.42 Å². The van der Waals surface area contributed by atoms with Gasteiger partial charge in [0.2, 0.25) is 0 Å². The van der Waals surface area contributed by atoms with Gasteiger partial charge in [0.25, 0.3) is 5.91 Å². The molecule has 0 atom stereocenters. The quantitative estimate of drug-likeness (QED) is 0.750. The summed E-state index contributed by atoms with van der Waals surface area (Å²) < 4.78 is 30.8. The van der Waals surface area contributed by atoms with Crippen LogP contribution in [-0.4, -0.2) is 50.7 Å². The first-order chi connectivity index (χ1) is 15.3. The fraction of sp³-hybridized carbons (Fsp3) is 0.320. The van der Waals surface area contributed by atoms with Crippen LogP contribution in [0.5, 0.6) is 5.75 Å². The van der Waals surface area contributed by atoms with Gasteiger partial charge in [-0.2, -0.15) is 0 Å². The van der Waals surface area contributed by atoms with Gasteiger partial charge in [-0.15, -0.1) is 0 Å². The average Bonchev–Trinajstić information content (AvgIpc) is 2.79. The van der Waals surface area contributed by atoms with Crippen LogP contribution in [0.15, 0.2) is 66.2 Å². The lowest BCUT2D eigenvalue weighted by Crippen LogP contribution is -2.46. The minimum atomic E-state index is -3.36. The highest BCUT2D eigenvalue weighted by Gasteiger charge is 2.37. The van der Waals surface area contributed by atoms with Crippen molar-refractivity contribution in [3.63, 3.8) is 0 Å². The highest BCUT2D eigenvalue weighted by Crippen LogP contribution is 2.43. The fourth-order valence-corrected chi connectivity index (χ4v) is 4.92. The van der Waals surface area contributed by atoms with Crippen molar-refractivity contribution in [3.8, 4) is 5.75 Å². The summed E-state index contributed by atoms with van der Waals surface area (Å²) in [4.78, 5) is 14.4. The van der Waals surface area contributed by atoms with E-state index in [4.69, 9.17) is 4.74 Å². The topological polar surface area (TPSA) is 75.7 Å². The second-order valence-corrected chi connectivity index (χ2v) is 10.3. The Kier molecular flexibility index (Phi) is 5.97. The Balaban J connectivity index is 1.79. The summed E-state index contributed by atoms with van der Waals surface area (Å²) in [5, 5.41) is 3.37. The molecule has 0 bridgehead atoms. The molecule has 0 aromatic heterocycles. The van der Waals surface area contributed by atoms with E-state index in [1.807, 2.05) is 19.1 Å². The first-order valence-corrected chi connectivity index (χ1v) is 12.7. The fourth-order valence-electron chi connectivity index (χ4n) is 4.28. The molecule has 4 rings (SSSR count). The zero-order valence-electron chi connectivity index (χ0n) is 18.4. The molecule has 2 aromatic carbocycles. The number of carbonyl (C=O) groups is 1. The van der Waals surface area contributed by atoms with Gasteiger partial charge in [-0.05, 0) is 73.8 Å². The van der Waals surface area contributed by atoms with Crippen molar-refractivity contribution in [1.29, 1.82) is 0 Å². The summed E-state index contributed by atoms with van der Waals surface area (Å²) in [6.07, 6.45) is 6.51. The maximum Gasteiger partial charge on any atom is 0.257 e. The lowest BCUT2D eigenvalue weighted by atomic mass is 9.83. The zero-order chi connectivity index (χ0) is 22.9. The normalized spacial score (nSPS) is 17.1. The monoisotopic (exact) mass is 452 g/mol. The van der Waals surface area contributed by atoms with Crippen molar-refractivity contribution in [2.75, 3.05) is 25.9 Å². The van der Waals surface area contributed by atoms with Crippen LogP contribution in [0.4, 0.5) is 0 Å². The van der Waals surface area contributed by atoms with E-state index in [0.29, 0.717) is 17.9 Å². The predicted molar refractivity (Wildman–Crippen MR) is 125 cm³/mol. The van der Waals surface area contributed by atoms with Crippen LogP contribution < -0.4 is 10.1 Å². The number of sulfone groups is 1. The Morgan fingerprint density at radius 1 is 1.19 bits per heavy atom. The third kappa shape index (κ3) is 4.23. The highest BCUT2D eigenvalue weighted by atomic mass is 32.2. The van der Waals surface area contributed by atoms with Crippen molar-refractivity contribution in [1.82, 2.24) is 10.2 Å². The summed E-state index contributed by atoms with van der Waals surface area (Å²) in [5.74, 6) is 0.574. The molecule has 168 valence electrons. The molecular formula is C25H28N2O4S. The number of amides is 1. The number of benzene rings is 2. The van der Waals surface area contributed by atoms with Crippen LogP contribution >= 0.6 is 0 Å². The van der Waals surface area contributed by atoms with Crippen molar-refractivity contribution in [3.05, 3.63) is 78.0 Å². The number of rotatable bonds is 5. The van der Waals surface area contributed by atoms with E-state index in [9.17, 15) is 13.2 Å². The molecule has 0 radical (unpaired) electrons. The Bertz CT molecular complexity index is 1180. The molecule has 6 nitrogen and oxygen atoms in total. The number of fused-ring (bicyclic) bond motifs is 1. The van der Waals surface area contributed by atoms with Crippen LogP contribution in [-0.2, 0) is 9.84 Å². The average molecular weight is 453 g/mol. The lowest BCUT2D eigenvalue weighted by Gasteiger charge is -2.40. The van der Waals surface area contributed by atoms with Crippen molar-refractivity contribution < 1.29 is 17.9 Å². The molecule has 1 amide bonds. The molecule has 1 spiro atoms. The van der Waals surface area contributed by atoms with Gasteiger partial charge < -0.3 is 15.0 Å². The Morgan fingerprint density at radius 2 is 1.88 bits per heavy atom. The Morgan fingerprint density at radius 3 is 2.47 bits per heavy atom. The van der Waals surface area contributed by atoms with Crippen molar-refractivity contribution >= 4 is 21.3 Å². The van der Waals surface area contributed by atoms with E-state index in [1.54, 1.807) is 35.2 Å². The molecular weight excluding hydrogens is 424 g/mol.